The average molecular weight is 1640 g/mol. The molecule has 8 aliphatic rings. The van der Waals surface area contributed by atoms with Gasteiger partial charge in [0.1, 0.15) is 45.5 Å². The number of carbonyl (C=O) groups excluding carboxylic acids is 7. The second-order valence-electron chi connectivity index (χ2n) is 35.1. The van der Waals surface area contributed by atoms with Gasteiger partial charge in [0.2, 0.25) is 37.8 Å². The van der Waals surface area contributed by atoms with E-state index in [0.29, 0.717) is 110 Å². The number of aliphatic carboxylic acids is 1. The Bertz CT molecular complexity index is 4680. The zero-order valence-corrected chi connectivity index (χ0v) is 70.2. The number of amides is 4. The summed E-state index contributed by atoms with van der Waals surface area (Å²) in [6.07, 6.45) is 19.4. The Balaban J connectivity index is 0.000000206. The number of hydrogen-bond acceptors (Lipinski definition) is 19. The number of Topliss-reactive ketones (excluding diaryl/α,β-unsaturated/α-hetero) is 1. The van der Waals surface area contributed by atoms with Crippen LogP contribution in [0, 0.1) is 42.9 Å². The van der Waals surface area contributed by atoms with E-state index in [1.165, 1.54) is 4.90 Å². The molecule has 4 aliphatic heterocycles. The van der Waals surface area contributed by atoms with Crippen LogP contribution in [0.4, 0.5) is 0 Å². The third kappa shape index (κ3) is 20.0. The van der Waals surface area contributed by atoms with Crippen molar-refractivity contribution in [2.45, 2.75) is 279 Å². The van der Waals surface area contributed by atoms with E-state index in [0.717, 1.165) is 77.9 Å². The van der Waals surface area contributed by atoms with E-state index in [9.17, 15) is 60.3 Å². The molecule has 24 nitrogen and oxygen atoms in total. The van der Waals surface area contributed by atoms with Gasteiger partial charge in [-0.1, -0.05) is 73.2 Å². The molecule has 4 aliphatic carbocycles. The highest BCUT2D eigenvalue weighted by Gasteiger charge is 2.64. The molecule has 2 aromatic heterocycles. The second kappa shape index (κ2) is 33.8. The van der Waals surface area contributed by atoms with Crippen molar-refractivity contribution in [3.05, 3.63) is 120 Å². The number of pyridine rings is 2. The fraction of sp³-hybridized carbons (Fsp3) is 0.600. The predicted molar refractivity (Wildman–Crippen MR) is 434 cm³/mol. The van der Waals surface area contributed by atoms with Crippen LogP contribution in [-0.2, 0) is 80.7 Å². The number of ketones is 1. The molecular formula is C85H113Cl2N7O17S2. The first-order chi connectivity index (χ1) is 52.8. The molecule has 0 bridgehead atoms. The third-order valence-electron chi connectivity index (χ3n) is 23.7. The topological polar surface area (TPSA) is 344 Å². The number of unbranched alkanes of at least 4 members (excludes halogenated alkanes) is 6. The molecule has 0 unspecified atom stereocenters. The van der Waals surface area contributed by atoms with Crippen molar-refractivity contribution in [2.24, 2.45) is 34.8 Å². The van der Waals surface area contributed by atoms with Crippen molar-refractivity contribution in [3.63, 3.8) is 0 Å². The molecule has 4 aromatic rings. The van der Waals surface area contributed by atoms with Crippen molar-refractivity contribution < 1.29 is 79.2 Å². The van der Waals surface area contributed by atoms with Crippen LogP contribution in [0.2, 0.25) is 10.0 Å². The van der Waals surface area contributed by atoms with Gasteiger partial charge in [-0.05, 0) is 214 Å². The maximum atomic E-state index is 14.9. The summed E-state index contributed by atoms with van der Waals surface area (Å²) in [5.41, 5.74) is 5.13. The minimum atomic E-state index is -3.96. The summed E-state index contributed by atoms with van der Waals surface area (Å²) in [6, 6.07) is 9.08. The van der Waals surface area contributed by atoms with Crippen LogP contribution in [0.5, 0.6) is 11.5 Å². The van der Waals surface area contributed by atoms with E-state index >= 15 is 0 Å². The summed E-state index contributed by atoms with van der Waals surface area (Å²) in [6.45, 7) is 32.9. The number of carboxylic acids is 1. The Morgan fingerprint density at radius 1 is 0.611 bits per heavy atom. The zero-order chi connectivity index (χ0) is 83.0. The number of halogens is 2. The minimum absolute atomic E-state index is 0.0901. The van der Waals surface area contributed by atoms with Gasteiger partial charge in [0.05, 0.1) is 69.3 Å². The van der Waals surface area contributed by atoms with Crippen LogP contribution >= 0.6 is 23.2 Å². The van der Waals surface area contributed by atoms with Gasteiger partial charge in [0, 0.05) is 69.0 Å². The minimum Gasteiger partial charge on any atom is -0.483 e. The number of aromatic nitrogens is 2. The van der Waals surface area contributed by atoms with Gasteiger partial charge in [0.25, 0.3) is 5.91 Å². The molecule has 10 atom stereocenters. The summed E-state index contributed by atoms with van der Waals surface area (Å²) in [4.78, 5) is 120. The number of ether oxygens (including phenoxy) is 4. The summed E-state index contributed by atoms with van der Waals surface area (Å²) in [7, 11) is -7.53. The van der Waals surface area contributed by atoms with Crippen LogP contribution in [0.1, 0.15) is 226 Å². The second-order valence-corrected chi connectivity index (χ2v) is 40.4. The fourth-order valence-corrected chi connectivity index (χ4v) is 19.2. The summed E-state index contributed by atoms with van der Waals surface area (Å²) in [5.74, 6) is -5.11. The monoisotopic (exact) mass is 1640 g/mol. The van der Waals surface area contributed by atoms with E-state index < -0.39 is 122 Å². The summed E-state index contributed by atoms with van der Waals surface area (Å²) in [5, 5.41) is 13.2. The number of rotatable bonds is 30. The number of likely N-dealkylation sites (tertiary alicyclic amines) is 2. The molecule has 2 saturated heterocycles. The van der Waals surface area contributed by atoms with Gasteiger partial charge in [-0.25, -0.2) is 31.6 Å². The van der Waals surface area contributed by atoms with Crippen LogP contribution in [-0.4, -0.2) is 152 Å². The molecule has 12 rings (SSSR count). The number of esters is 2. The number of carboxylic acid groups (broad SMARTS) is 1. The molecule has 4 amide bonds. The molecule has 2 aromatic carbocycles. The van der Waals surface area contributed by atoms with Gasteiger partial charge in [-0.15, -0.1) is 26.3 Å². The molecule has 5 N–H and O–H groups in total. The highest BCUT2D eigenvalue weighted by molar-refractivity contribution is 7.92. The highest BCUT2D eigenvalue weighted by atomic mass is 35.5. The van der Waals surface area contributed by atoms with Gasteiger partial charge in [-0.2, -0.15) is 0 Å². The Labute approximate surface area is 675 Å². The first-order valence-corrected chi connectivity index (χ1v) is 43.3. The molecule has 616 valence electrons. The summed E-state index contributed by atoms with van der Waals surface area (Å²) < 4.78 is 77.1. The van der Waals surface area contributed by atoms with Gasteiger partial charge >= 0.3 is 17.9 Å². The fourth-order valence-electron chi connectivity index (χ4n) is 16.3. The van der Waals surface area contributed by atoms with Crippen molar-refractivity contribution >= 4 is 112 Å². The van der Waals surface area contributed by atoms with Crippen LogP contribution in [0.25, 0.3) is 21.8 Å². The number of sulfonamides is 2. The van der Waals surface area contributed by atoms with E-state index in [1.807, 2.05) is 50.3 Å². The van der Waals surface area contributed by atoms with Gasteiger partial charge < -0.3 is 39.6 Å². The number of nitrogens with one attached hydrogen (secondary N) is 2. The molecule has 6 fully saturated rings. The zero-order valence-electron chi connectivity index (χ0n) is 67.1. The van der Waals surface area contributed by atoms with Crippen molar-refractivity contribution in [2.75, 3.05) is 13.1 Å². The molecule has 6 heterocycles. The lowest BCUT2D eigenvalue weighted by Crippen LogP contribution is -2.49. The first-order valence-electron chi connectivity index (χ1n) is 39.6. The molecule has 113 heavy (non-hydrogen) atoms. The van der Waals surface area contributed by atoms with Crippen molar-refractivity contribution in [1.82, 2.24) is 29.2 Å². The third-order valence-corrected chi connectivity index (χ3v) is 28.5. The Hall–Kier alpha value is -7.78. The highest BCUT2D eigenvalue weighted by Crippen LogP contribution is 2.58. The van der Waals surface area contributed by atoms with E-state index in [2.05, 4.69) is 35.8 Å². The lowest BCUT2D eigenvalue weighted by atomic mass is 9.85. The summed E-state index contributed by atoms with van der Waals surface area (Å²) >= 11 is 12.7. The van der Waals surface area contributed by atoms with Crippen molar-refractivity contribution in [1.29, 1.82) is 0 Å². The normalized spacial score (nSPS) is 25.2. The number of fused-ring (bicyclic) bond motifs is 6. The average Bonchev–Trinajstić information content (AvgIpc) is 1.61. The number of benzene rings is 2. The van der Waals surface area contributed by atoms with Crippen LogP contribution in [0.3, 0.4) is 0 Å². The molecular weight excluding hydrogens is 1530 g/mol. The largest absolute Gasteiger partial charge is 0.483 e. The maximum Gasteiger partial charge on any atom is 0.326 e. The Kier molecular flexibility index (Phi) is 26.2. The number of aryl methyl sites for hydroxylation is 4. The lowest BCUT2D eigenvalue weighted by Gasteiger charge is -2.36. The smallest absolute Gasteiger partial charge is 0.326 e. The maximum absolute atomic E-state index is 14.9. The molecule has 2 spiro atoms. The predicted octanol–water partition coefficient (Wildman–Crippen LogP) is 13.8. The van der Waals surface area contributed by atoms with Gasteiger partial charge in [-0.3, -0.25) is 43.0 Å². The number of hydrogen-bond donors (Lipinski definition) is 4. The van der Waals surface area contributed by atoms with E-state index in [1.54, 1.807) is 84.6 Å². The van der Waals surface area contributed by atoms with E-state index in [4.69, 9.17) is 57.9 Å². The quantitative estimate of drug-likeness (QED) is 0.0214. The lowest BCUT2D eigenvalue weighted by molar-refractivity contribution is -0.160. The van der Waals surface area contributed by atoms with E-state index in [-0.39, 0.29) is 75.1 Å². The molecule has 0 radical (unpaired) electrons. The Morgan fingerprint density at radius 3 is 1.41 bits per heavy atom. The number of carbonyl (C=O) groups is 8. The van der Waals surface area contributed by atoms with Crippen molar-refractivity contribution in [3.8, 4) is 11.5 Å². The molecule has 4 saturated carbocycles. The van der Waals surface area contributed by atoms with Crippen LogP contribution < -0.4 is 24.7 Å². The molecule has 28 heteroatoms. The van der Waals surface area contributed by atoms with Gasteiger partial charge in [0.15, 0.2) is 5.78 Å². The Morgan fingerprint density at radius 2 is 1.03 bits per heavy atom. The number of nitrogens with two attached hydrogens (primary N) is 1. The SMILES string of the molecule is C=CCCCCC[C@H](CC(=O)OC(C)(C)C)C(=O)N1C[C@@]2(CCc3c(c(C)nc4ccc(Cl)cc34)O2)C[C@H]1C(=O)C[C@]1(C(=O)NS(=O)(=O)C2(C)CC2)C[C@H]1C=C.C=CCCCCC[C@H](CC(=O)OC(C)(C)C)C(=O)N1C[C@@]2(CCc3c(c(C)nc4ccc(Cl)cc34)O2)C[C@H]1C(=O)O.C=C[C@@H]1C[C@]1(N)C(=O)NS(=O)(=O)C1(C)CC1. The van der Waals surface area contributed by atoms with Crippen LogP contribution in [0.15, 0.2) is 87.0 Å². The first kappa shape index (κ1) is 87.6. The standard InChI is InChI=1S/C43H56ClN3O8S.C32H41ClN2O6.C10H16N2O3S/c1-8-10-11-12-13-14-28(21-36(49)54-40(4,5)6)38(50)47-26-42(18-17-31-32-22-30(44)15-16-33(32)45-27(3)37(31)55-42)24-34(47)35(48)25-43(23-29(43)9-2)39(51)46-56(52,53)41(7)19-20-41;1-6-7-8-9-10-11-21(16-27(36)40-31(3,4)5)29(37)35-19-32(18-26(35)30(38)39)15-14-23-24-17-22(33)12-13-25(24)34-20(2)28(23)41-32;1-3-7-6-10(7,11)8(13)12-16(14,15)9(2)4-5-9/h8-9,15-16,22,28-29,34H,1-2,10-14,17-21,23-26H2,3-7H3,(H,46,51);6,12-13,17,21,26H,1,7-11,14-16,18-19H2,2-5H3,(H,38,39);3,7H,1,4-6,11H2,2H3,(H,12,13)/t28-,29-,34+,42-,43-;21-,26+,32-;7-,10-/m111/s1. The number of allylic oxidation sites excluding steroid dienone is 3. The number of nitrogens with zero attached hydrogens (tertiary/aromatic N) is 4.